The van der Waals surface area contributed by atoms with E-state index in [2.05, 4.69) is 0 Å². The van der Waals surface area contributed by atoms with Gasteiger partial charge in [-0.1, -0.05) is 12.1 Å². The zero-order valence-corrected chi connectivity index (χ0v) is 7.76. The molecule has 13 heavy (non-hydrogen) atoms. The number of nitrogens with two attached hydrogens (primary N) is 1. The predicted octanol–water partition coefficient (Wildman–Crippen LogP) is 1.89. The summed E-state index contributed by atoms with van der Waals surface area (Å²) in [5.74, 6) is 0.354. The van der Waals surface area contributed by atoms with Crippen molar-refractivity contribution in [2.24, 2.45) is 11.7 Å². The van der Waals surface area contributed by atoms with E-state index in [4.69, 9.17) is 5.73 Å². The van der Waals surface area contributed by atoms with E-state index in [9.17, 15) is 4.39 Å². The molecule has 0 radical (unpaired) electrons. The lowest BCUT2D eigenvalue weighted by molar-refractivity contribution is 0.462. The molecule has 0 amide bonds. The summed E-state index contributed by atoms with van der Waals surface area (Å²) in [6, 6.07) is 5.47. The second-order valence-corrected chi connectivity index (χ2v) is 3.90. The SMILES string of the molecule is CC(N)C1Cc2cccc(F)c2C1. The minimum absolute atomic E-state index is 0.0688. The molecule has 1 aromatic rings. The third kappa shape index (κ3) is 1.46. The van der Waals surface area contributed by atoms with Crippen LogP contribution in [0.1, 0.15) is 18.1 Å². The zero-order chi connectivity index (χ0) is 9.42. The van der Waals surface area contributed by atoms with E-state index < -0.39 is 0 Å². The smallest absolute Gasteiger partial charge is 0.126 e. The number of benzene rings is 1. The molecule has 0 heterocycles. The van der Waals surface area contributed by atoms with Gasteiger partial charge in [-0.3, -0.25) is 0 Å². The van der Waals surface area contributed by atoms with Gasteiger partial charge < -0.3 is 5.73 Å². The van der Waals surface area contributed by atoms with E-state index in [0.717, 1.165) is 24.0 Å². The Hall–Kier alpha value is -0.890. The number of rotatable bonds is 1. The minimum atomic E-state index is -0.0688. The Balaban J connectivity index is 2.30. The molecular formula is C11H14FN. The van der Waals surface area contributed by atoms with Gasteiger partial charge in [0.15, 0.2) is 0 Å². The molecule has 0 bridgehead atoms. The van der Waals surface area contributed by atoms with Crippen molar-refractivity contribution in [1.82, 2.24) is 0 Å². The molecule has 1 aliphatic carbocycles. The Bertz CT molecular complexity index is 320. The van der Waals surface area contributed by atoms with Crippen LogP contribution in [0.2, 0.25) is 0 Å². The first-order valence-electron chi connectivity index (χ1n) is 4.70. The van der Waals surface area contributed by atoms with Gasteiger partial charge in [0.05, 0.1) is 0 Å². The first kappa shape index (κ1) is 8.70. The largest absolute Gasteiger partial charge is 0.328 e. The van der Waals surface area contributed by atoms with Crippen LogP contribution in [-0.4, -0.2) is 6.04 Å². The van der Waals surface area contributed by atoms with E-state index in [0.29, 0.717) is 5.92 Å². The van der Waals surface area contributed by atoms with Gasteiger partial charge in [0.25, 0.3) is 0 Å². The Labute approximate surface area is 77.8 Å². The van der Waals surface area contributed by atoms with E-state index >= 15 is 0 Å². The van der Waals surface area contributed by atoms with Gasteiger partial charge in [-0.2, -0.15) is 0 Å². The van der Waals surface area contributed by atoms with Crippen molar-refractivity contribution in [3.05, 3.63) is 35.1 Å². The number of halogens is 1. The van der Waals surface area contributed by atoms with Gasteiger partial charge in [0.2, 0.25) is 0 Å². The molecule has 0 saturated heterocycles. The summed E-state index contributed by atoms with van der Waals surface area (Å²) in [7, 11) is 0. The maximum atomic E-state index is 13.3. The van der Waals surface area contributed by atoms with Crippen molar-refractivity contribution in [3.8, 4) is 0 Å². The maximum absolute atomic E-state index is 13.3. The Morgan fingerprint density at radius 1 is 1.46 bits per heavy atom. The summed E-state index contributed by atoms with van der Waals surface area (Å²) in [5.41, 5.74) is 7.83. The lowest BCUT2D eigenvalue weighted by Crippen LogP contribution is -2.26. The molecule has 70 valence electrons. The molecule has 2 unspecified atom stereocenters. The zero-order valence-electron chi connectivity index (χ0n) is 7.76. The van der Waals surface area contributed by atoms with Crippen LogP contribution in [0, 0.1) is 11.7 Å². The van der Waals surface area contributed by atoms with Crippen molar-refractivity contribution in [1.29, 1.82) is 0 Å². The quantitative estimate of drug-likeness (QED) is 0.700. The molecule has 2 N–H and O–H groups in total. The fraction of sp³-hybridized carbons (Fsp3) is 0.455. The van der Waals surface area contributed by atoms with Crippen LogP contribution in [0.3, 0.4) is 0 Å². The highest BCUT2D eigenvalue weighted by molar-refractivity contribution is 5.33. The van der Waals surface area contributed by atoms with Crippen molar-refractivity contribution >= 4 is 0 Å². The highest BCUT2D eigenvalue weighted by atomic mass is 19.1. The van der Waals surface area contributed by atoms with Gasteiger partial charge >= 0.3 is 0 Å². The summed E-state index contributed by atoms with van der Waals surface area (Å²) in [6.45, 7) is 1.99. The molecule has 0 fully saturated rings. The summed E-state index contributed by atoms with van der Waals surface area (Å²) >= 11 is 0. The number of fused-ring (bicyclic) bond motifs is 1. The Morgan fingerprint density at radius 2 is 2.23 bits per heavy atom. The van der Waals surface area contributed by atoms with E-state index in [1.54, 1.807) is 6.07 Å². The van der Waals surface area contributed by atoms with Crippen LogP contribution >= 0.6 is 0 Å². The fourth-order valence-corrected chi connectivity index (χ4v) is 2.01. The van der Waals surface area contributed by atoms with Gasteiger partial charge in [-0.25, -0.2) is 4.39 Å². The van der Waals surface area contributed by atoms with Crippen LogP contribution in [0.15, 0.2) is 18.2 Å². The predicted molar refractivity (Wildman–Crippen MR) is 50.9 cm³/mol. The lowest BCUT2D eigenvalue weighted by Gasteiger charge is -2.12. The van der Waals surface area contributed by atoms with Crippen molar-refractivity contribution in [3.63, 3.8) is 0 Å². The van der Waals surface area contributed by atoms with Crippen LogP contribution in [-0.2, 0) is 12.8 Å². The molecule has 2 rings (SSSR count). The lowest BCUT2D eigenvalue weighted by atomic mass is 9.99. The number of hydrogen-bond donors (Lipinski definition) is 1. The molecule has 0 saturated carbocycles. The average Bonchev–Trinajstić information content (AvgIpc) is 2.49. The first-order valence-corrected chi connectivity index (χ1v) is 4.70. The molecular weight excluding hydrogens is 165 g/mol. The summed E-state index contributed by atoms with van der Waals surface area (Å²) < 4.78 is 13.3. The van der Waals surface area contributed by atoms with Gasteiger partial charge in [-0.15, -0.1) is 0 Å². The highest BCUT2D eigenvalue weighted by Crippen LogP contribution is 2.29. The molecule has 0 aliphatic heterocycles. The monoisotopic (exact) mass is 179 g/mol. The third-order valence-corrected chi connectivity index (χ3v) is 2.91. The Morgan fingerprint density at radius 3 is 2.85 bits per heavy atom. The van der Waals surface area contributed by atoms with Gasteiger partial charge in [0, 0.05) is 6.04 Å². The first-order chi connectivity index (χ1) is 6.18. The topological polar surface area (TPSA) is 26.0 Å². The van der Waals surface area contributed by atoms with Gasteiger partial charge in [0.1, 0.15) is 5.82 Å². The molecule has 2 atom stereocenters. The molecule has 2 heteroatoms. The average molecular weight is 179 g/mol. The molecule has 1 nitrogen and oxygen atoms in total. The third-order valence-electron chi connectivity index (χ3n) is 2.91. The standard InChI is InChI=1S/C11H14FN/c1-7(13)9-5-8-3-2-4-11(12)10(8)6-9/h2-4,7,9H,5-6,13H2,1H3. The second kappa shape index (κ2) is 3.11. The second-order valence-electron chi connectivity index (χ2n) is 3.90. The maximum Gasteiger partial charge on any atom is 0.126 e. The normalized spacial score (nSPS) is 22.8. The van der Waals surface area contributed by atoms with Crippen molar-refractivity contribution < 1.29 is 4.39 Å². The van der Waals surface area contributed by atoms with E-state index in [-0.39, 0.29) is 11.9 Å². The van der Waals surface area contributed by atoms with E-state index in [1.807, 2.05) is 13.0 Å². The summed E-state index contributed by atoms with van der Waals surface area (Å²) in [6.07, 6.45) is 1.74. The Kier molecular flexibility index (Phi) is 2.08. The molecule has 1 aliphatic rings. The van der Waals surface area contributed by atoms with Crippen molar-refractivity contribution in [2.45, 2.75) is 25.8 Å². The van der Waals surface area contributed by atoms with Crippen LogP contribution in [0.5, 0.6) is 0 Å². The highest BCUT2D eigenvalue weighted by Gasteiger charge is 2.25. The molecule has 0 spiro atoms. The minimum Gasteiger partial charge on any atom is -0.328 e. The van der Waals surface area contributed by atoms with Crippen LogP contribution in [0.25, 0.3) is 0 Å². The number of hydrogen-bond acceptors (Lipinski definition) is 1. The fourth-order valence-electron chi connectivity index (χ4n) is 2.01. The van der Waals surface area contributed by atoms with E-state index in [1.165, 1.54) is 6.07 Å². The molecule has 1 aromatic carbocycles. The van der Waals surface area contributed by atoms with Gasteiger partial charge in [-0.05, 0) is 42.9 Å². The van der Waals surface area contributed by atoms with Crippen LogP contribution < -0.4 is 5.73 Å². The summed E-state index contributed by atoms with van der Waals surface area (Å²) in [4.78, 5) is 0. The van der Waals surface area contributed by atoms with Crippen molar-refractivity contribution in [2.75, 3.05) is 0 Å². The van der Waals surface area contributed by atoms with Crippen LogP contribution in [0.4, 0.5) is 4.39 Å². The molecule has 0 aromatic heterocycles. The summed E-state index contributed by atoms with van der Waals surface area (Å²) in [5, 5.41) is 0.